The third kappa shape index (κ3) is 3.25. The first-order valence-corrected chi connectivity index (χ1v) is 10.8. The molecule has 0 aliphatic heterocycles. The molecule has 1 unspecified atom stereocenters. The Morgan fingerprint density at radius 2 is 1.89 bits per heavy atom. The number of halogens is 1. The van der Waals surface area contributed by atoms with Crippen LogP contribution in [0.15, 0.2) is 53.4 Å². The topological polar surface area (TPSA) is 68.2 Å². The van der Waals surface area contributed by atoms with Crippen LogP contribution in [0.2, 0.25) is 0 Å². The molecule has 0 saturated carbocycles. The summed E-state index contributed by atoms with van der Waals surface area (Å²) >= 11 is 0. The van der Waals surface area contributed by atoms with Crippen LogP contribution in [-0.2, 0) is 22.9 Å². The number of aromatic nitrogens is 1. The summed E-state index contributed by atoms with van der Waals surface area (Å²) in [6.07, 6.45) is 2.14. The predicted octanol–water partition coefficient (Wildman–Crippen LogP) is 3.67. The average Bonchev–Trinajstić information content (AvgIpc) is 3.01. The minimum absolute atomic E-state index is 0.0443. The van der Waals surface area contributed by atoms with Crippen LogP contribution in [0.1, 0.15) is 35.8 Å². The quantitative estimate of drug-likeness (QED) is 0.727. The number of carbonyl (C=O) groups is 1. The van der Waals surface area contributed by atoms with Crippen molar-refractivity contribution in [3.63, 3.8) is 0 Å². The molecule has 1 aromatic heterocycles. The Morgan fingerprint density at radius 1 is 1.18 bits per heavy atom. The molecular formula is C21H21FN2O3S. The van der Waals surface area contributed by atoms with E-state index in [-0.39, 0.29) is 16.8 Å². The number of hydrogen-bond acceptors (Lipinski definition) is 3. The number of carbonyl (C=O) groups excluding carboxylic acids is 1. The maximum absolute atomic E-state index is 13.1. The second kappa shape index (κ2) is 7.14. The van der Waals surface area contributed by atoms with Gasteiger partial charge in [-0.1, -0.05) is 25.1 Å². The molecule has 0 saturated heterocycles. The molecule has 1 aliphatic rings. The molecular weight excluding hydrogens is 379 g/mol. The molecule has 3 aromatic rings. The zero-order valence-corrected chi connectivity index (χ0v) is 16.3. The molecule has 0 spiro atoms. The monoisotopic (exact) mass is 400 g/mol. The lowest BCUT2D eigenvalue weighted by Gasteiger charge is -2.24. The van der Waals surface area contributed by atoms with Crippen LogP contribution in [0.5, 0.6) is 0 Å². The Hall–Kier alpha value is -2.51. The van der Waals surface area contributed by atoms with E-state index in [1.165, 1.54) is 12.1 Å². The van der Waals surface area contributed by atoms with Gasteiger partial charge in [0.05, 0.1) is 10.4 Å². The van der Waals surface area contributed by atoms with Gasteiger partial charge in [0, 0.05) is 23.5 Å². The minimum Gasteiger partial charge on any atom is -0.284 e. The highest BCUT2D eigenvalue weighted by Gasteiger charge is 2.29. The van der Waals surface area contributed by atoms with E-state index in [0.717, 1.165) is 34.3 Å². The molecule has 5 nitrogen and oxygen atoms in total. The summed E-state index contributed by atoms with van der Waals surface area (Å²) in [4.78, 5) is 12.5. The van der Waals surface area contributed by atoms with E-state index in [1.807, 2.05) is 31.2 Å². The second-order valence-corrected chi connectivity index (χ2v) is 8.75. The Labute approximate surface area is 163 Å². The zero-order chi connectivity index (χ0) is 19.9. The molecule has 0 radical (unpaired) electrons. The molecule has 2 aromatic carbocycles. The van der Waals surface area contributed by atoms with Gasteiger partial charge in [-0.05, 0) is 55.2 Å². The molecule has 1 N–H and O–H groups in total. The third-order valence-electron chi connectivity index (χ3n) is 5.27. The SMILES string of the molecule is CCC(=O)n1c2c(c3ccccc31)CC(NS(=O)(=O)c1ccc(F)cc1)CC2. The fourth-order valence-corrected chi connectivity index (χ4v) is 5.22. The van der Waals surface area contributed by atoms with Gasteiger partial charge in [-0.15, -0.1) is 0 Å². The van der Waals surface area contributed by atoms with Crippen LogP contribution in [0, 0.1) is 5.82 Å². The second-order valence-electron chi connectivity index (χ2n) is 7.04. The zero-order valence-electron chi connectivity index (χ0n) is 15.5. The summed E-state index contributed by atoms with van der Waals surface area (Å²) in [5.41, 5.74) is 2.88. The van der Waals surface area contributed by atoms with Crippen molar-refractivity contribution < 1.29 is 17.6 Å². The number of fused-ring (bicyclic) bond motifs is 3. The average molecular weight is 400 g/mol. The first-order valence-electron chi connectivity index (χ1n) is 9.33. The lowest BCUT2D eigenvalue weighted by Crippen LogP contribution is -2.39. The highest BCUT2D eigenvalue weighted by molar-refractivity contribution is 7.89. The van der Waals surface area contributed by atoms with Crippen molar-refractivity contribution in [1.82, 2.24) is 9.29 Å². The van der Waals surface area contributed by atoms with Crippen molar-refractivity contribution in [2.45, 2.75) is 43.5 Å². The van der Waals surface area contributed by atoms with Gasteiger partial charge in [-0.25, -0.2) is 17.5 Å². The van der Waals surface area contributed by atoms with Gasteiger partial charge >= 0.3 is 0 Å². The largest absolute Gasteiger partial charge is 0.284 e. The van der Waals surface area contributed by atoms with Gasteiger partial charge in [0.25, 0.3) is 0 Å². The molecule has 7 heteroatoms. The van der Waals surface area contributed by atoms with Crippen LogP contribution in [-0.4, -0.2) is 24.9 Å². The maximum Gasteiger partial charge on any atom is 0.240 e. The van der Waals surface area contributed by atoms with Crippen molar-refractivity contribution in [3.05, 3.63) is 65.6 Å². The van der Waals surface area contributed by atoms with E-state index in [9.17, 15) is 17.6 Å². The van der Waals surface area contributed by atoms with Crippen molar-refractivity contribution in [1.29, 1.82) is 0 Å². The first kappa shape index (κ1) is 18.8. The highest BCUT2D eigenvalue weighted by atomic mass is 32.2. The smallest absolute Gasteiger partial charge is 0.240 e. The maximum atomic E-state index is 13.1. The Morgan fingerprint density at radius 3 is 2.61 bits per heavy atom. The fourth-order valence-electron chi connectivity index (χ4n) is 3.95. The molecule has 4 rings (SSSR count). The van der Waals surface area contributed by atoms with Crippen LogP contribution in [0.3, 0.4) is 0 Å². The van der Waals surface area contributed by atoms with Crippen molar-refractivity contribution in [2.75, 3.05) is 0 Å². The number of hydrogen-bond donors (Lipinski definition) is 1. The summed E-state index contributed by atoms with van der Waals surface area (Å²) in [6.45, 7) is 1.84. The first-order chi connectivity index (χ1) is 13.4. The van der Waals surface area contributed by atoms with Gasteiger partial charge in [-0.2, -0.15) is 0 Å². The molecule has 0 fully saturated rings. The van der Waals surface area contributed by atoms with Gasteiger partial charge in [0.15, 0.2) is 0 Å². The summed E-state index contributed by atoms with van der Waals surface area (Å²) in [5, 5.41) is 0.991. The minimum atomic E-state index is -3.74. The molecule has 1 heterocycles. The summed E-state index contributed by atoms with van der Waals surface area (Å²) < 4.78 is 42.9. The summed E-state index contributed by atoms with van der Waals surface area (Å²) in [7, 11) is -3.74. The van der Waals surface area contributed by atoms with Crippen molar-refractivity contribution >= 4 is 26.8 Å². The van der Waals surface area contributed by atoms with E-state index in [4.69, 9.17) is 0 Å². The van der Waals surface area contributed by atoms with Crippen LogP contribution in [0.4, 0.5) is 4.39 Å². The number of benzene rings is 2. The van der Waals surface area contributed by atoms with E-state index in [1.54, 1.807) is 4.57 Å². The van der Waals surface area contributed by atoms with Crippen LogP contribution < -0.4 is 4.72 Å². The number of nitrogens with one attached hydrogen (secondary N) is 1. The van der Waals surface area contributed by atoms with Crippen LogP contribution in [0.25, 0.3) is 10.9 Å². The van der Waals surface area contributed by atoms with E-state index in [2.05, 4.69) is 4.72 Å². The number of para-hydroxylation sites is 1. The van der Waals surface area contributed by atoms with Gasteiger partial charge in [0.2, 0.25) is 15.9 Å². The van der Waals surface area contributed by atoms with E-state index >= 15 is 0 Å². The predicted molar refractivity (Wildman–Crippen MR) is 105 cm³/mol. The van der Waals surface area contributed by atoms with Gasteiger partial charge in [-0.3, -0.25) is 9.36 Å². The van der Waals surface area contributed by atoms with E-state index < -0.39 is 15.8 Å². The molecule has 146 valence electrons. The number of sulfonamides is 1. The Kier molecular flexibility index (Phi) is 4.81. The normalized spacial score (nSPS) is 16.9. The fraction of sp³-hybridized carbons (Fsp3) is 0.286. The molecule has 1 atom stereocenters. The number of nitrogens with zero attached hydrogens (tertiary/aromatic N) is 1. The van der Waals surface area contributed by atoms with Crippen molar-refractivity contribution in [2.24, 2.45) is 0 Å². The number of rotatable bonds is 4. The molecule has 1 aliphatic carbocycles. The third-order valence-corrected chi connectivity index (χ3v) is 6.80. The Bertz CT molecular complexity index is 1150. The lowest BCUT2D eigenvalue weighted by molar-refractivity contribution is 0.0910. The van der Waals surface area contributed by atoms with Gasteiger partial charge < -0.3 is 0 Å². The Balaban J connectivity index is 1.67. The highest BCUT2D eigenvalue weighted by Crippen LogP contribution is 2.33. The molecule has 0 bridgehead atoms. The lowest BCUT2D eigenvalue weighted by atomic mass is 9.92. The molecule has 0 amide bonds. The summed E-state index contributed by atoms with van der Waals surface area (Å²) in [5.74, 6) is -0.433. The van der Waals surface area contributed by atoms with Crippen LogP contribution >= 0.6 is 0 Å². The standard InChI is InChI=1S/C21H21FN2O3S/c1-2-21(25)24-19-6-4-3-5-17(19)18-13-15(9-12-20(18)24)23-28(26,27)16-10-7-14(22)8-11-16/h3-8,10-11,15,23H,2,9,12-13H2,1H3. The van der Waals surface area contributed by atoms with E-state index in [0.29, 0.717) is 25.7 Å². The van der Waals surface area contributed by atoms with Crippen molar-refractivity contribution in [3.8, 4) is 0 Å². The molecule has 28 heavy (non-hydrogen) atoms. The van der Waals surface area contributed by atoms with Gasteiger partial charge in [0.1, 0.15) is 5.82 Å². The summed E-state index contributed by atoms with van der Waals surface area (Å²) in [6, 6.07) is 12.3.